The zero-order valence-corrected chi connectivity index (χ0v) is 13.8. The van der Waals surface area contributed by atoms with Crippen molar-refractivity contribution in [3.8, 4) is 0 Å². The van der Waals surface area contributed by atoms with Crippen LogP contribution in [-0.2, 0) is 10.0 Å². The highest BCUT2D eigenvalue weighted by molar-refractivity contribution is 7.93. The van der Waals surface area contributed by atoms with Crippen LogP contribution >= 0.6 is 11.6 Å². The van der Waals surface area contributed by atoms with Crippen LogP contribution in [0.25, 0.3) is 0 Å². The first-order valence-corrected chi connectivity index (χ1v) is 9.12. The largest absolute Gasteiger partial charge is 0.322 e. The van der Waals surface area contributed by atoms with E-state index >= 15 is 0 Å². The number of benzene rings is 2. The Labute approximate surface area is 139 Å². The number of anilines is 2. The molecule has 1 saturated heterocycles. The zero-order chi connectivity index (χ0) is 16.4. The third kappa shape index (κ3) is 3.48. The van der Waals surface area contributed by atoms with Crippen molar-refractivity contribution < 1.29 is 13.2 Å². The summed E-state index contributed by atoms with van der Waals surface area (Å²) in [4.78, 5) is 12.2. The number of amides is 1. The van der Waals surface area contributed by atoms with Crippen molar-refractivity contribution in [2.45, 2.75) is 6.42 Å². The van der Waals surface area contributed by atoms with E-state index in [9.17, 15) is 13.2 Å². The van der Waals surface area contributed by atoms with Gasteiger partial charge in [0, 0.05) is 22.8 Å². The molecule has 7 heteroatoms. The smallest absolute Gasteiger partial charge is 0.255 e. The molecule has 5 nitrogen and oxygen atoms in total. The fraction of sp³-hybridized carbons (Fsp3) is 0.188. The van der Waals surface area contributed by atoms with Crippen molar-refractivity contribution in [2.24, 2.45) is 0 Å². The Morgan fingerprint density at radius 3 is 2.26 bits per heavy atom. The monoisotopic (exact) mass is 350 g/mol. The lowest BCUT2D eigenvalue weighted by atomic mass is 10.2. The predicted molar refractivity (Wildman–Crippen MR) is 91.6 cm³/mol. The Morgan fingerprint density at radius 1 is 1.04 bits per heavy atom. The third-order valence-corrected chi connectivity index (χ3v) is 5.74. The minimum Gasteiger partial charge on any atom is -0.322 e. The van der Waals surface area contributed by atoms with Gasteiger partial charge in [-0.05, 0) is 55.0 Å². The number of carbonyl (C=O) groups excluding carboxylic acids is 1. The van der Waals surface area contributed by atoms with Gasteiger partial charge in [-0.1, -0.05) is 11.6 Å². The highest BCUT2D eigenvalue weighted by Gasteiger charge is 2.28. The van der Waals surface area contributed by atoms with Gasteiger partial charge in [0.1, 0.15) is 0 Å². The Balaban J connectivity index is 1.74. The molecule has 0 radical (unpaired) electrons. The standard InChI is InChI=1S/C16H15ClN2O3S/c17-13-4-6-14(7-5-13)18-16(20)12-2-8-15(9-3-12)19-10-1-11-23(19,21)22/h2-9H,1,10-11H2,(H,18,20). The molecule has 3 rings (SSSR count). The van der Waals surface area contributed by atoms with Gasteiger partial charge < -0.3 is 5.32 Å². The van der Waals surface area contributed by atoms with Crippen molar-refractivity contribution >= 4 is 38.9 Å². The molecule has 0 aromatic heterocycles. The molecule has 1 heterocycles. The van der Waals surface area contributed by atoms with Crippen LogP contribution in [0.2, 0.25) is 5.02 Å². The maximum Gasteiger partial charge on any atom is 0.255 e. The lowest BCUT2D eigenvalue weighted by Crippen LogP contribution is -2.25. The lowest BCUT2D eigenvalue weighted by molar-refractivity contribution is 0.102. The molecule has 23 heavy (non-hydrogen) atoms. The van der Waals surface area contributed by atoms with E-state index in [-0.39, 0.29) is 11.7 Å². The van der Waals surface area contributed by atoms with Gasteiger partial charge in [-0.25, -0.2) is 8.42 Å². The van der Waals surface area contributed by atoms with Crippen molar-refractivity contribution in [1.29, 1.82) is 0 Å². The van der Waals surface area contributed by atoms with E-state index in [2.05, 4.69) is 5.32 Å². The molecule has 1 aliphatic rings. The Morgan fingerprint density at radius 2 is 1.70 bits per heavy atom. The summed E-state index contributed by atoms with van der Waals surface area (Å²) in [6.45, 7) is 0.485. The van der Waals surface area contributed by atoms with Crippen molar-refractivity contribution in [3.05, 3.63) is 59.1 Å². The number of halogens is 1. The molecule has 0 bridgehead atoms. The van der Waals surface area contributed by atoms with E-state index in [4.69, 9.17) is 11.6 Å². The Hall–Kier alpha value is -2.05. The summed E-state index contributed by atoms with van der Waals surface area (Å²) in [5.74, 6) is -0.0885. The number of nitrogens with one attached hydrogen (secondary N) is 1. The summed E-state index contributed by atoms with van der Waals surface area (Å²) < 4.78 is 25.2. The summed E-state index contributed by atoms with van der Waals surface area (Å²) >= 11 is 5.80. The first-order chi connectivity index (χ1) is 11.0. The van der Waals surface area contributed by atoms with Crippen LogP contribution in [0.15, 0.2) is 48.5 Å². The molecule has 0 aliphatic carbocycles. The van der Waals surface area contributed by atoms with Crippen LogP contribution in [0.1, 0.15) is 16.8 Å². The van der Waals surface area contributed by atoms with Gasteiger partial charge in [0.25, 0.3) is 5.91 Å². The average molecular weight is 351 g/mol. The lowest BCUT2D eigenvalue weighted by Gasteiger charge is -2.17. The minimum absolute atomic E-state index is 0.172. The van der Waals surface area contributed by atoms with E-state index in [0.717, 1.165) is 0 Å². The van der Waals surface area contributed by atoms with Crippen LogP contribution in [-0.4, -0.2) is 26.6 Å². The second-order valence-electron chi connectivity index (χ2n) is 5.25. The summed E-state index contributed by atoms with van der Waals surface area (Å²) in [5.41, 5.74) is 1.69. The zero-order valence-electron chi connectivity index (χ0n) is 12.2. The van der Waals surface area contributed by atoms with Crippen LogP contribution < -0.4 is 9.62 Å². The molecule has 1 aliphatic heterocycles. The van der Waals surface area contributed by atoms with Gasteiger partial charge >= 0.3 is 0 Å². The molecule has 1 N–H and O–H groups in total. The van der Waals surface area contributed by atoms with Gasteiger partial charge in [-0.15, -0.1) is 0 Å². The number of nitrogens with zero attached hydrogens (tertiary/aromatic N) is 1. The van der Waals surface area contributed by atoms with Gasteiger partial charge in [0.05, 0.1) is 11.4 Å². The van der Waals surface area contributed by atoms with Gasteiger partial charge in [0.15, 0.2) is 0 Å². The van der Waals surface area contributed by atoms with Gasteiger partial charge in [-0.3, -0.25) is 9.10 Å². The van der Waals surface area contributed by atoms with E-state index in [0.29, 0.717) is 34.9 Å². The second kappa shape index (κ2) is 6.22. The SMILES string of the molecule is O=C(Nc1ccc(Cl)cc1)c1ccc(N2CCCS2(=O)=O)cc1. The molecule has 2 aromatic carbocycles. The number of carbonyl (C=O) groups is 1. The van der Waals surface area contributed by atoms with Crippen LogP contribution in [0, 0.1) is 0 Å². The summed E-state index contributed by atoms with van der Waals surface area (Å²) in [6.07, 6.45) is 0.626. The summed E-state index contributed by atoms with van der Waals surface area (Å²) in [7, 11) is -3.21. The summed E-state index contributed by atoms with van der Waals surface area (Å²) in [5, 5.41) is 3.36. The van der Waals surface area contributed by atoms with E-state index < -0.39 is 10.0 Å². The van der Waals surface area contributed by atoms with Gasteiger partial charge in [-0.2, -0.15) is 0 Å². The van der Waals surface area contributed by atoms with Gasteiger partial charge in [0.2, 0.25) is 10.0 Å². The molecular formula is C16H15ClN2O3S. The van der Waals surface area contributed by atoms with Crippen LogP contribution in [0.4, 0.5) is 11.4 Å². The van der Waals surface area contributed by atoms with Crippen LogP contribution in [0.5, 0.6) is 0 Å². The fourth-order valence-electron chi connectivity index (χ4n) is 2.45. The quantitative estimate of drug-likeness (QED) is 0.924. The number of rotatable bonds is 3. The molecule has 1 fully saturated rings. The first-order valence-electron chi connectivity index (χ1n) is 7.13. The highest BCUT2D eigenvalue weighted by Crippen LogP contribution is 2.24. The molecule has 0 spiro atoms. The normalized spacial score (nSPS) is 16.3. The predicted octanol–water partition coefficient (Wildman–Crippen LogP) is 3.13. The molecule has 120 valence electrons. The van der Waals surface area contributed by atoms with Crippen molar-refractivity contribution in [3.63, 3.8) is 0 Å². The van der Waals surface area contributed by atoms with Crippen LogP contribution in [0.3, 0.4) is 0 Å². The van der Waals surface area contributed by atoms with Crippen molar-refractivity contribution in [2.75, 3.05) is 21.9 Å². The molecule has 0 saturated carbocycles. The third-order valence-electron chi connectivity index (χ3n) is 3.62. The summed E-state index contributed by atoms with van der Waals surface area (Å²) in [6, 6.07) is 13.4. The molecular weight excluding hydrogens is 336 g/mol. The number of hydrogen-bond acceptors (Lipinski definition) is 3. The maximum absolute atomic E-state index is 12.2. The molecule has 0 atom stereocenters. The number of sulfonamides is 1. The fourth-order valence-corrected chi connectivity index (χ4v) is 4.14. The highest BCUT2D eigenvalue weighted by atomic mass is 35.5. The van der Waals surface area contributed by atoms with Crippen molar-refractivity contribution in [1.82, 2.24) is 0 Å². The van der Waals surface area contributed by atoms with E-state index in [1.807, 2.05) is 0 Å². The first kappa shape index (κ1) is 15.8. The molecule has 0 unspecified atom stereocenters. The number of hydrogen-bond donors (Lipinski definition) is 1. The maximum atomic E-state index is 12.2. The van der Waals surface area contributed by atoms with E-state index in [1.165, 1.54) is 4.31 Å². The Bertz CT molecular complexity index is 817. The second-order valence-corrected chi connectivity index (χ2v) is 7.70. The van der Waals surface area contributed by atoms with E-state index in [1.54, 1.807) is 48.5 Å². The minimum atomic E-state index is -3.21. The molecule has 2 aromatic rings. The topological polar surface area (TPSA) is 66.5 Å². The average Bonchev–Trinajstić information content (AvgIpc) is 2.89. The molecule has 1 amide bonds. The Kier molecular flexibility index (Phi) is 4.28.